The molecule has 0 spiro atoms. The van der Waals surface area contributed by atoms with Crippen LogP contribution in [0.5, 0.6) is 0 Å². The van der Waals surface area contributed by atoms with Crippen LogP contribution >= 0.6 is 11.8 Å². The second kappa shape index (κ2) is 7.83. The number of hydrogen-bond donors (Lipinski definition) is 4. The van der Waals surface area contributed by atoms with Crippen molar-refractivity contribution in [2.75, 3.05) is 24.2 Å². The van der Waals surface area contributed by atoms with E-state index in [1.165, 1.54) is 6.33 Å². The molecule has 1 aliphatic rings. The molecular formula is C15H23N5O4S. The molecular weight excluding hydrogens is 346 g/mol. The molecule has 2 aromatic rings. The number of aliphatic hydroxyl groups is 3. The number of nitrogens with zero attached hydrogens (tertiary/aromatic N) is 4. The summed E-state index contributed by atoms with van der Waals surface area (Å²) in [4.78, 5) is 13.4. The summed E-state index contributed by atoms with van der Waals surface area (Å²) in [6.45, 7) is 4.36. The minimum absolute atomic E-state index is 0.378. The summed E-state index contributed by atoms with van der Waals surface area (Å²) < 4.78 is 7.17. The predicted molar refractivity (Wildman–Crippen MR) is 93.5 cm³/mol. The molecule has 4 atom stereocenters. The van der Waals surface area contributed by atoms with Gasteiger partial charge in [-0.05, 0) is 13.3 Å². The predicted octanol–water partition coefficient (Wildman–Crippen LogP) is 0.372. The molecule has 1 saturated heterocycles. The zero-order valence-electron chi connectivity index (χ0n) is 14.2. The summed E-state index contributed by atoms with van der Waals surface area (Å²) in [5.74, 6) is 1.51. The van der Waals surface area contributed by atoms with Crippen LogP contribution in [0.25, 0.3) is 11.2 Å². The lowest BCUT2D eigenvalue weighted by Gasteiger charge is -2.17. The van der Waals surface area contributed by atoms with Crippen LogP contribution < -0.4 is 5.32 Å². The Bertz CT molecular complexity index is 727. The third-order valence-electron chi connectivity index (χ3n) is 3.97. The molecule has 9 nitrogen and oxygen atoms in total. The molecule has 0 unspecified atom stereocenters. The summed E-state index contributed by atoms with van der Waals surface area (Å²) in [6.07, 6.45) is -1.56. The first-order valence-corrected chi connectivity index (χ1v) is 9.32. The van der Waals surface area contributed by atoms with Crippen LogP contribution in [0.2, 0.25) is 0 Å². The van der Waals surface area contributed by atoms with Crippen molar-refractivity contribution in [2.45, 2.75) is 50.0 Å². The van der Waals surface area contributed by atoms with Crippen molar-refractivity contribution in [3.63, 3.8) is 0 Å². The molecule has 0 aromatic carbocycles. The van der Waals surface area contributed by atoms with E-state index in [9.17, 15) is 15.3 Å². The number of hydrogen-bond acceptors (Lipinski definition) is 9. The molecule has 3 heterocycles. The lowest BCUT2D eigenvalue weighted by Crippen LogP contribution is -2.33. The highest BCUT2D eigenvalue weighted by atomic mass is 32.2. The number of anilines is 1. The van der Waals surface area contributed by atoms with Crippen molar-refractivity contribution in [3.05, 3.63) is 6.33 Å². The summed E-state index contributed by atoms with van der Waals surface area (Å²) in [6, 6.07) is 0. The van der Waals surface area contributed by atoms with Gasteiger partial charge in [0, 0.05) is 12.3 Å². The molecule has 0 amide bonds. The van der Waals surface area contributed by atoms with Gasteiger partial charge in [-0.25, -0.2) is 15.0 Å². The van der Waals surface area contributed by atoms with E-state index in [4.69, 9.17) is 4.74 Å². The van der Waals surface area contributed by atoms with Gasteiger partial charge in [0.15, 0.2) is 28.4 Å². The lowest BCUT2D eigenvalue weighted by molar-refractivity contribution is -0.0511. The second-order valence-corrected chi connectivity index (χ2v) is 6.85. The number of thioether (sulfide) groups is 1. The molecule has 1 aliphatic heterocycles. The van der Waals surface area contributed by atoms with E-state index in [1.807, 2.05) is 6.92 Å². The maximum Gasteiger partial charge on any atom is 0.191 e. The quantitative estimate of drug-likeness (QED) is 0.404. The van der Waals surface area contributed by atoms with Crippen LogP contribution in [0.3, 0.4) is 0 Å². The van der Waals surface area contributed by atoms with E-state index in [1.54, 1.807) is 16.3 Å². The van der Waals surface area contributed by atoms with Crippen LogP contribution in [0, 0.1) is 0 Å². The van der Waals surface area contributed by atoms with Crippen molar-refractivity contribution in [1.29, 1.82) is 0 Å². The largest absolute Gasteiger partial charge is 0.394 e. The van der Waals surface area contributed by atoms with Gasteiger partial charge in [0.05, 0.1) is 12.9 Å². The van der Waals surface area contributed by atoms with E-state index in [0.717, 1.165) is 12.2 Å². The van der Waals surface area contributed by atoms with Crippen LogP contribution in [-0.2, 0) is 4.74 Å². The smallest absolute Gasteiger partial charge is 0.191 e. The molecule has 1 fully saturated rings. The molecule has 0 radical (unpaired) electrons. The number of rotatable bonds is 7. The molecule has 2 aromatic heterocycles. The van der Waals surface area contributed by atoms with Gasteiger partial charge in [-0.1, -0.05) is 18.7 Å². The van der Waals surface area contributed by atoms with Crippen LogP contribution in [-0.4, -0.2) is 72.1 Å². The Morgan fingerprint density at radius 2 is 2.08 bits per heavy atom. The van der Waals surface area contributed by atoms with Gasteiger partial charge in [0.2, 0.25) is 0 Å². The fourth-order valence-corrected chi connectivity index (χ4v) is 3.43. The van der Waals surface area contributed by atoms with E-state index in [0.29, 0.717) is 28.7 Å². The van der Waals surface area contributed by atoms with E-state index in [-0.39, 0.29) is 6.61 Å². The van der Waals surface area contributed by atoms with Crippen molar-refractivity contribution < 1.29 is 20.1 Å². The van der Waals surface area contributed by atoms with Gasteiger partial charge in [0.25, 0.3) is 0 Å². The second-order valence-electron chi connectivity index (χ2n) is 5.79. The normalized spacial score (nSPS) is 26.4. The fraction of sp³-hybridized carbons (Fsp3) is 0.667. The number of imidazole rings is 1. The van der Waals surface area contributed by atoms with Crippen LogP contribution in [0.15, 0.2) is 11.5 Å². The minimum Gasteiger partial charge on any atom is -0.394 e. The number of ether oxygens (including phenoxy) is 1. The minimum atomic E-state index is -1.18. The Kier molecular flexibility index (Phi) is 5.74. The van der Waals surface area contributed by atoms with Crippen molar-refractivity contribution in [2.24, 2.45) is 0 Å². The van der Waals surface area contributed by atoms with E-state index < -0.39 is 24.5 Å². The standard InChI is InChI=1S/C15H23N5O4S/c1-3-5-25-15-18-12(16-4-2)9-13(19-15)20(7-17-9)14-11(23)10(22)8(6-21)24-14/h7-8,10-11,14,21-23H,3-6H2,1-2H3,(H,16,18,19)/t8-,10-,11-,14-/m1/s1. The Morgan fingerprint density at radius 1 is 1.28 bits per heavy atom. The number of aromatic nitrogens is 4. The zero-order valence-corrected chi connectivity index (χ0v) is 15.0. The first-order valence-electron chi connectivity index (χ1n) is 8.34. The SMILES string of the molecule is CCCSc1nc(NCC)c2ncn([C@@H]3O[C@H](CO)[C@@H](O)[C@H]3O)c2n1. The van der Waals surface area contributed by atoms with Gasteiger partial charge < -0.3 is 25.4 Å². The summed E-state index contributed by atoms with van der Waals surface area (Å²) in [5, 5.41) is 33.3. The fourth-order valence-electron chi connectivity index (χ4n) is 2.74. The zero-order chi connectivity index (χ0) is 18.0. The summed E-state index contributed by atoms with van der Waals surface area (Å²) in [7, 11) is 0. The maximum absolute atomic E-state index is 10.3. The molecule has 138 valence electrons. The van der Waals surface area contributed by atoms with Gasteiger partial charge in [-0.15, -0.1) is 0 Å². The van der Waals surface area contributed by atoms with E-state index >= 15 is 0 Å². The van der Waals surface area contributed by atoms with Gasteiger partial charge in [-0.3, -0.25) is 4.57 Å². The highest BCUT2D eigenvalue weighted by molar-refractivity contribution is 7.99. The number of fused-ring (bicyclic) bond motifs is 1. The molecule has 0 aliphatic carbocycles. The first-order chi connectivity index (χ1) is 12.1. The Hall–Kier alpha value is -1.46. The molecule has 10 heteroatoms. The highest BCUT2D eigenvalue weighted by Crippen LogP contribution is 2.33. The molecule has 0 bridgehead atoms. The topological polar surface area (TPSA) is 126 Å². The van der Waals surface area contributed by atoms with Gasteiger partial charge >= 0.3 is 0 Å². The van der Waals surface area contributed by atoms with Crippen molar-refractivity contribution in [1.82, 2.24) is 19.5 Å². The highest BCUT2D eigenvalue weighted by Gasteiger charge is 2.44. The van der Waals surface area contributed by atoms with Crippen LogP contribution in [0.4, 0.5) is 5.82 Å². The molecule has 0 saturated carbocycles. The Labute approximate surface area is 149 Å². The number of nitrogens with one attached hydrogen (secondary N) is 1. The Morgan fingerprint density at radius 3 is 2.72 bits per heavy atom. The lowest BCUT2D eigenvalue weighted by atomic mass is 10.1. The Balaban J connectivity index is 2.02. The van der Waals surface area contributed by atoms with E-state index in [2.05, 4.69) is 27.2 Å². The summed E-state index contributed by atoms with van der Waals surface area (Å²) >= 11 is 1.54. The van der Waals surface area contributed by atoms with Gasteiger partial charge in [-0.2, -0.15) is 0 Å². The van der Waals surface area contributed by atoms with Crippen LogP contribution in [0.1, 0.15) is 26.5 Å². The maximum atomic E-state index is 10.3. The molecule has 3 rings (SSSR count). The number of aliphatic hydroxyl groups excluding tert-OH is 3. The van der Waals surface area contributed by atoms with Crippen molar-refractivity contribution >= 4 is 28.7 Å². The third-order valence-corrected chi connectivity index (χ3v) is 5.02. The molecule has 25 heavy (non-hydrogen) atoms. The van der Waals surface area contributed by atoms with Gasteiger partial charge in [0.1, 0.15) is 18.3 Å². The molecule has 4 N–H and O–H groups in total. The third kappa shape index (κ3) is 3.44. The van der Waals surface area contributed by atoms with Crippen molar-refractivity contribution in [3.8, 4) is 0 Å². The average molecular weight is 369 g/mol. The summed E-state index contributed by atoms with van der Waals surface area (Å²) in [5.41, 5.74) is 1.08. The first kappa shape index (κ1) is 18.3. The average Bonchev–Trinajstić information content (AvgIpc) is 3.15. The monoisotopic (exact) mass is 369 g/mol.